The zero-order valence-electron chi connectivity index (χ0n) is 16.8. The molecule has 6 nitrogen and oxygen atoms in total. The summed E-state index contributed by atoms with van der Waals surface area (Å²) in [6, 6.07) is 11.2. The molecular weight excluding hydrogens is 388 g/mol. The molecule has 3 aromatic rings. The van der Waals surface area contributed by atoms with Crippen LogP contribution >= 0.6 is 0 Å². The lowest BCUT2D eigenvalue weighted by molar-refractivity contribution is 0.252. The molecule has 1 aliphatic rings. The molecule has 1 aromatic heterocycles. The van der Waals surface area contributed by atoms with E-state index >= 15 is 0 Å². The largest absolute Gasteiger partial charge is 0.336 e. The maximum Gasteiger partial charge on any atom is 0.321 e. The number of amides is 2. The van der Waals surface area contributed by atoms with Gasteiger partial charge in [-0.15, -0.1) is 0 Å². The minimum absolute atomic E-state index is 0.0219. The number of hydrogen-bond acceptors (Lipinski definition) is 3. The van der Waals surface area contributed by atoms with Crippen LogP contribution in [-0.2, 0) is 6.54 Å². The van der Waals surface area contributed by atoms with Crippen molar-refractivity contribution in [2.24, 2.45) is 0 Å². The van der Waals surface area contributed by atoms with Gasteiger partial charge in [-0.25, -0.2) is 18.3 Å². The first-order valence-corrected chi connectivity index (χ1v) is 9.81. The van der Waals surface area contributed by atoms with Crippen LogP contribution in [0.4, 0.5) is 19.3 Å². The fourth-order valence-electron chi connectivity index (χ4n) is 3.64. The summed E-state index contributed by atoms with van der Waals surface area (Å²) < 4.78 is 28.8. The smallest absolute Gasteiger partial charge is 0.321 e. The molecule has 2 N–H and O–H groups in total. The van der Waals surface area contributed by atoms with Crippen molar-refractivity contribution >= 4 is 11.7 Å². The number of nitrogens with one attached hydrogen (secondary N) is 2. The van der Waals surface area contributed by atoms with Crippen molar-refractivity contribution in [2.75, 3.05) is 18.0 Å². The topological polar surface area (TPSA) is 62.2 Å². The third kappa shape index (κ3) is 3.91. The molecule has 2 amide bonds. The number of carbonyl (C=O) groups is 1. The Labute approximate surface area is 173 Å². The van der Waals surface area contributed by atoms with Gasteiger partial charge in [-0.3, -0.25) is 4.90 Å². The first-order chi connectivity index (χ1) is 14.4. The third-order valence-corrected chi connectivity index (χ3v) is 5.37. The molecular formula is C22H23F2N5O. The maximum absolute atomic E-state index is 14.1. The standard InChI is InChI=1S/C22H23F2N5O/c1-14(19-13-27-29(15(19)2)21-8-5-17(23)11-20(21)24)26-12-16-3-6-18(7-4-16)28-10-9-25-22(28)30/h3-8,11,13-14,26H,9-10,12H2,1-2H3,(H,25,30). The monoisotopic (exact) mass is 411 g/mol. The average molecular weight is 411 g/mol. The highest BCUT2D eigenvalue weighted by Crippen LogP contribution is 2.23. The number of aromatic nitrogens is 2. The van der Waals surface area contributed by atoms with Gasteiger partial charge in [0.05, 0.1) is 6.20 Å². The summed E-state index contributed by atoms with van der Waals surface area (Å²) in [6.07, 6.45) is 1.70. The molecule has 30 heavy (non-hydrogen) atoms. The van der Waals surface area contributed by atoms with Gasteiger partial charge in [-0.2, -0.15) is 5.10 Å². The van der Waals surface area contributed by atoms with Crippen LogP contribution < -0.4 is 15.5 Å². The lowest BCUT2D eigenvalue weighted by Gasteiger charge is -2.16. The highest BCUT2D eigenvalue weighted by molar-refractivity contribution is 5.93. The van der Waals surface area contributed by atoms with Gasteiger partial charge in [0, 0.05) is 48.7 Å². The summed E-state index contributed by atoms with van der Waals surface area (Å²) in [5.41, 5.74) is 3.90. The maximum atomic E-state index is 14.1. The summed E-state index contributed by atoms with van der Waals surface area (Å²) in [6.45, 7) is 5.83. The predicted octanol–water partition coefficient (Wildman–Crippen LogP) is 3.84. The summed E-state index contributed by atoms with van der Waals surface area (Å²) in [5.74, 6) is -1.27. The second-order valence-electron chi connectivity index (χ2n) is 7.35. The Hall–Kier alpha value is -3.26. The highest BCUT2D eigenvalue weighted by atomic mass is 19.1. The van der Waals surface area contributed by atoms with Gasteiger partial charge < -0.3 is 10.6 Å². The van der Waals surface area contributed by atoms with Crippen LogP contribution in [0.2, 0.25) is 0 Å². The summed E-state index contributed by atoms with van der Waals surface area (Å²) in [7, 11) is 0. The van der Waals surface area contributed by atoms with Crippen LogP contribution in [0.3, 0.4) is 0 Å². The Balaban J connectivity index is 1.43. The zero-order chi connectivity index (χ0) is 21.3. The van der Waals surface area contributed by atoms with Gasteiger partial charge in [-0.1, -0.05) is 12.1 Å². The fourth-order valence-corrected chi connectivity index (χ4v) is 3.64. The second kappa shape index (κ2) is 8.23. The van der Waals surface area contributed by atoms with E-state index < -0.39 is 11.6 Å². The molecule has 0 spiro atoms. The lowest BCUT2D eigenvalue weighted by atomic mass is 10.1. The zero-order valence-corrected chi connectivity index (χ0v) is 16.8. The Morgan fingerprint density at radius 3 is 2.63 bits per heavy atom. The van der Waals surface area contributed by atoms with Gasteiger partial charge in [0.2, 0.25) is 0 Å². The van der Waals surface area contributed by atoms with E-state index in [0.717, 1.165) is 28.6 Å². The van der Waals surface area contributed by atoms with Crippen molar-refractivity contribution in [3.05, 3.63) is 77.1 Å². The lowest BCUT2D eigenvalue weighted by Crippen LogP contribution is -2.27. The first-order valence-electron chi connectivity index (χ1n) is 9.81. The number of nitrogens with zero attached hydrogens (tertiary/aromatic N) is 3. The average Bonchev–Trinajstić information content (AvgIpc) is 3.32. The van der Waals surface area contributed by atoms with Gasteiger partial charge in [0.25, 0.3) is 0 Å². The van der Waals surface area contributed by atoms with Crippen molar-refractivity contribution in [3.8, 4) is 5.69 Å². The van der Waals surface area contributed by atoms with E-state index in [9.17, 15) is 13.6 Å². The summed E-state index contributed by atoms with van der Waals surface area (Å²) in [5, 5.41) is 10.5. The SMILES string of the molecule is Cc1c(C(C)NCc2ccc(N3CCNC3=O)cc2)cnn1-c1ccc(F)cc1F. The number of rotatable bonds is 6. The van der Waals surface area contributed by atoms with Crippen LogP contribution in [0.1, 0.15) is 29.8 Å². The van der Waals surface area contributed by atoms with E-state index in [4.69, 9.17) is 0 Å². The molecule has 8 heteroatoms. The molecule has 1 atom stereocenters. The van der Waals surface area contributed by atoms with E-state index in [1.54, 1.807) is 11.1 Å². The molecule has 4 rings (SSSR count). The van der Waals surface area contributed by atoms with E-state index in [1.807, 2.05) is 38.1 Å². The minimum atomic E-state index is -0.653. The molecule has 0 saturated carbocycles. The molecule has 0 bridgehead atoms. The Morgan fingerprint density at radius 2 is 1.97 bits per heavy atom. The highest BCUT2D eigenvalue weighted by Gasteiger charge is 2.21. The number of hydrogen-bond donors (Lipinski definition) is 2. The summed E-state index contributed by atoms with van der Waals surface area (Å²) in [4.78, 5) is 13.5. The number of benzene rings is 2. The predicted molar refractivity (Wildman–Crippen MR) is 111 cm³/mol. The Morgan fingerprint density at radius 1 is 1.20 bits per heavy atom. The van der Waals surface area contributed by atoms with Crippen LogP contribution in [0.15, 0.2) is 48.7 Å². The van der Waals surface area contributed by atoms with Gasteiger partial charge in [0.1, 0.15) is 11.5 Å². The molecule has 2 aromatic carbocycles. The first kappa shape index (κ1) is 20.0. The molecule has 1 saturated heterocycles. The second-order valence-corrected chi connectivity index (χ2v) is 7.35. The van der Waals surface area contributed by atoms with Crippen molar-refractivity contribution in [3.63, 3.8) is 0 Å². The quantitative estimate of drug-likeness (QED) is 0.648. The Kier molecular flexibility index (Phi) is 5.50. The van der Waals surface area contributed by atoms with E-state index in [2.05, 4.69) is 15.7 Å². The van der Waals surface area contributed by atoms with E-state index in [1.165, 1.54) is 16.8 Å². The molecule has 156 valence electrons. The van der Waals surface area contributed by atoms with Crippen molar-refractivity contribution in [1.82, 2.24) is 20.4 Å². The van der Waals surface area contributed by atoms with Crippen molar-refractivity contribution in [2.45, 2.75) is 26.4 Å². The summed E-state index contributed by atoms with van der Waals surface area (Å²) >= 11 is 0. The third-order valence-electron chi connectivity index (χ3n) is 5.37. The van der Waals surface area contributed by atoms with Gasteiger partial charge in [-0.05, 0) is 43.7 Å². The van der Waals surface area contributed by atoms with Crippen LogP contribution in [0.5, 0.6) is 0 Å². The van der Waals surface area contributed by atoms with Crippen molar-refractivity contribution in [1.29, 1.82) is 0 Å². The van der Waals surface area contributed by atoms with Crippen LogP contribution in [0, 0.1) is 18.6 Å². The van der Waals surface area contributed by atoms with Gasteiger partial charge in [0.15, 0.2) is 5.82 Å². The Bertz CT molecular complexity index is 1060. The van der Waals surface area contributed by atoms with E-state index in [-0.39, 0.29) is 17.8 Å². The normalized spacial score (nSPS) is 14.8. The molecule has 1 unspecified atom stereocenters. The molecule has 1 aliphatic heterocycles. The van der Waals surface area contributed by atoms with Crippen molar-refractivity contribution < 1.29 is 13.6 Å². The van der Waals surface area contributed by atoms with E-state index in [0.29, 0.717) is 19.6 Å². The number of halogens is 2. The van der Waals surface area contributed by atoms with Crippen LogP contribution in [-0.4, -0.2) is 28.9 Å². The molecule has 1 fully saturated rings. The van der Waals surface area contributed by atoms with Gasteiger partial charge >= 0.3 is 6.03 Å². The van der Waals surface area contributed by atoms with Crippen LogP contribution in [0.25, 0.3) is 5.69 Å². The molecule has 2 heterocycles. The molecule has 0 aliphatic carbocycles. The fraction of sp³-hybridized carbons (Fsp3) is 0.273. The number of urea groups is 1. The molecule has 0 radical (unpaired) electrons. The number of carbonyl (C=O) groups excluding carboxylic acids is 1. The number of anilines is 1. The minimum Gasteiger partial charge on any atom is -0.336 e.